The van der Waals surface area contributed by atoms with Gasteiger partial charge in [0.05, 0.1) is 5.52 Å². The van der Waals surface area contributed by atoms with Crippen molar-refractivity contribution in [2.75, 3.05) is 18.0 Å². The minimum Gasteiger partial charge on any atom is -0.357 e. The maximum Gasteiger partial charge on any atom is 0.129 e. The van der Waals surface area contributed by atoms with Gasteiger partial charge >= 0.3 is 0 Å². The van der Waals surface area contributed by atoms with Crippen LogP contribution in [-0.2, 0) is 6.42 Å². The molecule has 2 heteroatoms. The molecular formula is C24H28N2. The third-order valence-electron chi connectivity index (χ3n) is 5.44. The van der Waals surface area contributed by atoms with E-state index < -0.39 is 0 Å². The molecule has 0 spiro atoms. The summed E-state index contributed by atoms with van der Waals surface area (Å²) in [6, 6.07) is 19.9. The molecule has 0 saturated carbocycles. The molecule has 0 atom stereocenters. The molecule has 1 aliphatic rings. The van der Waals surface area contributed by atoms with Crippen LogP contribution in [0.3, 0.4) is 0 Å². The van der Waals surface area contributed by atoms with Crippen molar-refractivity contribution in [2.24, 2.45) is 0 Å². The van der Waals surface area contributed by atoms with Gasteiger partial charge in [-0.25, -0.2) is 4.98 Å². The second-order valence-corrected chi connectivity index (χ2v) is 7.40. The number of nitrogens with zero attached hydrogens (tertiary/aromatic N) is 2. The van der Waals surface area contributed by atoms with E-state index in [0.717, 1.165) is 30.8 Å². The third-order valence-corrected chi connectivity index (χ3v) is 5.44. The van der Waals surface area contributed by atoms with E-state index in [4.69, 9.17) is 4.98 Å². The standard InChI is InChI=1S/C24H28N2/c1-2-3-10-19-13-14-23-22(17-19)21(20-11-6-4-7-12-20)18-24(25-23)26-15-8-5-9-16-26/h4,6-7,11-14,17-18H,2-3,5,8-10,15-16H2,1H3. The molecule has 26 heavy (non-hydrogen) atoms. The average Bonchev–Trinajstić information content (AvgIpc) is 2.72. The van der Waals surface area contributed by atoms with E-state index in [9.17, 15) is 0 Å². The van der Waals surface area contributed by atoms with Gasteiger partial charge in [0.2, 0.25) is 0 Å². The van der Waals surface area contributed by atoms with Crippen LogP contribution in [0, 0.1) is 0 Å². The molecule has 2 aromatic carbocycles. The Morgan fingerprint density at radius 1 is 0.923 bits per heavy atom. The fourth-order valence-corrected chi connectivity index (χ4v) is 3.94. The number of aromatic nitrogens is 1. The molecule has 0 bridgehead atoms. The first-order chi connectivity index (χ1) is 12.8. The van der Waals surface area contributed by atoms with Crippen LogP contribution in [0.4, 0.5) is 5.82 Å². The third kappa shape index (κ3) is 3.60. The molecular weight excluding hydrogens is 316 g/mol. The summed E-state index contributed by atoms with van der Waals surface area (Å²) in [7, 11) is 0. The molecule has 1 aromatic heterocycles. The topological polar surface area (TPSA) is 16.1 Å². The quantitative estimate of drug-likeness (QED) is 0.545. The van der Waals surface area contributed by atoms with Crippen LogP contribution in [0.25, 0.3) is 22.0 Å². The molecule has 2 heterocycles. The van der Waals surface area contributed by atoms with Crippen molar-refractivity contribution in [2.45, 2.75) is 45.4 Å². The molecule has 134 valence electrons. The highest BCUT2D eigenvalue weighted by Gasteiger charge is 2.15. The SMILES string of the molecule is CCCCc1ccc2nc(N3CCCCC3)cc(-c3ccccc3)c2c1. The van der Waals surface area contributed by atoms with Crippen LogP contribution < -0.4 is 4.90 Å². The summed E-state index contributed by atoms with van der Waals surface area (Å²) < 4.78 is 0. The molecule has 0 radical (unpaired) electrons. The summed E-state index contributed by atoms with van der Waals surface area (Å²) in [6.07, 6.45) is 7.51. The Morgan fingerprint density at radius 3 is 2.50 bits per heavy atom. The molecule has 1 fully saturated rings. The first kappa shape index (κ1) is 17.1. The molecule has 0 aliphatic carbocycles. The van der Waals surface area contributed by atoms with Gasteiger partial charge in [0.1, 0.15) is 5.82 Å². The highest BCUT2D eigenvalue weighted by molar-refractivity contribution is 5.96. The largest absolute Gasteiger partial charge is 0.357 e. The highest BCUT2D eigenvalue weighted by atomic mass is 15.2. The fraction of sp³-hybridized carbons (Fsp3) is 0.375. The Hall–Kier alpha value is -2.35. The summed E-state index contributed by atoms with van der Waals surface area (Å²) in [5.41, 5.74) is 5.14. The maximum atomic E-state index is 5.03. The Kier molecular flexibility index (Phi) is 5.19. The van der Waals surface area contributed by atoms with Crippen molar-refractivity contribution in [1.82, 2.24) is 4.98 Å². The predicted molar refractivity (Wildman–Crippen MR) is 112 cm³/mol. The zero-order valence-corrected chi connectivity index (χ0v) is 15.7. The lowest BCUT2D eigenvalue weighted by Crippen LogP contribution is -2.30. The zero-order chi connectivity index (χ0) is 17.8. The van der Waals surface area contributed by atoms with Gasteiger partial charge in [-0.05, 0) is 67.0 Å². The van der Waals surface area contributed by atoms with Gasteiger partial charge in [0, 0.05) is 18.5 Å². The second-order valence-electron chi connectivity index (χ2n) is 7.40. The summed E-state index contributed by atoms with van der Waals surface area (Å²) >= 11 is 0. The number of anilines is 1. The molecule has 0 unspecified atom stereocenters. The second kappa shape index (κ2) is 7.90. The average molecular weight is 345 g/mol. The molecule has 0 N–H and O–H groups in total. The Bertz CT molecular complexity index is 864. The van der Waals surface area contributed by atoms with E-state index in [-0.39, 0.29) is 0 Å². The lowest BCUT2D eigenvalue weighted by molar-refractivity contribution is 0.574. The van der Waals surface area contributed by atoms with Gasteiger partial charge < -0.3 is 4.90 Å². The Balaban J connectivity index is 1.83. The first-order valence-electron chi connectivity index (χ1n) is 10.1. The number of fused-ring (bicyclic) bond motifs is 1. The van der Waals surface area contributed by atoms with Crippen molar-refractivity contribution in [3.63, 3.8) is 0 Å². The van der Waals surface area contributed by atoms with E-state index in [2.05, 4.69) is 66.4 Å². The van der Waals surface area contributed by atoms with Gasteiger partial charge in [-0.3, -0.25) is 0 Å². The molecule has 2 nitrogen and oxygen atoms in total. The van der Waals surface area contributed by atoms with Crippen molar-refractivity contribution >= 4 is 16.7 Å². The van der Waals surface area contributed by atoms with Gasteiger partial charge in [-0.2, -0.15) is 0 Å². The zero-order valence-electron chi connectivity index (χ0n) is 15.7. The molecule has 4 rings (SSSR count). The lowest BCUT2D eigenvalue weighted by Gasteiger charge is -2.28. The van der Waals surface area contributed by atoms with Crippen LogP contribution >= 0.6 is 0 Å². The van der Waals surface area contributed by atoms with Crippen molar-refractivity contribution in [1.29, 1.82) is 0 Å². The number of hydrogen-bond acceptors (Lipinski definition) is 2. The number of hydrogen-bond donors (Lipinski definition) is 0. The van der Waals surface area contributed by atoms with Crippen molar-refractivity contribution in [3.05, 3.63) is 60.2 Å². The van der Waals surface area contributed by atoms with E-state index in [1.165, 1.54) is 54.2 Å². The first-order valence-corrected chi connectivity index (χ1v) is 10.1. The normalized spacial score (nSPS) is 14.7. The van der Waals surface area contributed by atoms with E-state index in [0.29, 0.717) is 0 Å². The highest BCUT2D eigenvalue weighted by Crippen LogP contribution is 2.33. The minimum atomic E-state index is 1.12. The number of unbranched alkanes of at least 4 members (excludes halogenated alkanes) is 1. The van der Waals surface area contributed by atoms with Crippen LogP contribution in [0.15, 0.2) is 54.6 Å². The van der Waals surface area contributed by atoms with E-state index >= 15 is 0 Å². The van der Waals surface area contributed by atoms with Crippen molar-refractivity contribution in [3.8, 4) is 11.1 Å². The molecule has 1 aliphatic heterocycles. The van der Waals surface area contributed by atoms with Crippen LogP contribution in [0.5, 0.6) is 0 Å². The molecule has 1 saturated heterocycles. The maximum absolute atomic E-state index is 5.03. The van der Waals surface area contributed by atoms with Crippen molar-refractivity contribution < 1.29 is 0 Å². The summed E-state index contributed by atoms with van der Waals surface area (Å²) in [5.74, 6) is 1.14. The van der Waals surface area contributed by atoms with Crippen LogP contribution in [-0.4, -0.2) is 18.1 Å². The Labute approximate surface area is 156 Å². The van der Waals surface area contributed by atoms with E-state index in [1.807, 2.05) is 0 Å². The van der Waals surface area contributed by atoms with Gasteiger partial charge in [0.25, 0.3) is 0 Å². The number of rotatable bonds is 5. The number of benzene rings is 2. The van der Waals surface area contributed by atoms with E-state index in [1.54, 1.807) is 0 Å². The molecule has 3 aromatic rings. The lowest BCUT2D eigenvalue weighted by atomic mass is 9.97. The fourth-order valence-electron chi connectivity index (χ4n) is 3.94. The molecule has 0 amide bonds. The number of pyridine rings is 1. The monoisotopic (exact) mass is 344 g/mol. The van der Waals surface area contributed by atoms with Gasteiger partial charge in [-0.15, -0.1) is 0 Å². The number of aryl methyl sites for hydroxylation is 1. The van der Waals surface area contributed by atoms with Gasteiger partial charge in [0.15, 0.2) is 0 Å². The summed E-state index contributed by atoms with van der Waals surface area (Å²) in [5, 5.41) is 1.28. The summed E-state index contributed by atoms with van der Waals surface area (Å²) in [6.45, 7) is 4.51. The Morgan fingerprint density at radius 2 is 1.73 bits per heavy atom. The predicted octanol–water partition coefficient (Wildman–Crippen LogP) is 6.23. The summed E-state index contributed by atoms with van der Waals surface area (Å²) in [4.78, 5) is 7.49. The van der Waals surface area contributed by atoms with Gasteiger partial charge in [-0.1, -0.05) is 49.7 Å². The van der Waals surface area contributed by atoms with Crippen LogP contribution in [0.1, 0.15) is 44.6 Å². The minimum absolute atomic E-state index is 1.12. The van der Waals surface area contributed by atoms with Crippen LogP contribution in [0.2, 0.25) is 0 Å². The number of piperidine rings is 1. The smallest absolute Gasteiger partial charge is 0.129 e.